The Labute approximate surface area is 93.0 Å². The van der Waals surface area contributed by atoms with Gasteiger partial charge in [-0.25, -0.2) is 0 Å². The van der Waals surface area contributed by atoms with Gasteiger partial charge in [0.2, 0.25) is 0 Å². The summed E-state index contributed by atoms with van der Waals surface area (Å²) in [6, 6.07) is 4.59. The summed E-state index contributed by atoms with van der Waals surface area (Å²) in [5.74, 6) is -0.233. The summed E-state index contributed by atoms with van der Waals surface area (Å²) in [5.41, 5.74) is 1.68. The van der Waals surface area contributed by atoms with Crippen LogP contribution in [0.25, 0.3) is 11.0 Å². The summed E-state index contributed by atoms with van der Waals surface area (Å²) in [6.07, 6.45) is 0. The zero-order valence-electron chi connectivity index (χ0n) is 8.78. The molecule has 3 nitrogen and oxygen atoms in total. The van der Waals surface area contributed by atoms with Crippen LogP contribution in [0.15, 0.2) is 22.5 Å². The van der Waals surface area contributed by atoms with Crippen LogP contribution in [-0.4, -0.2) is 33.4 Å². The second-order valence-corrected chi connectivity index (χ2v) is 3.86. The number of hydrogen-bond donors (Lipinski definition) is 0. The van der Waals surface area contributed by atoms with Gasteiger partial charge in [0.15, 0.2) is 0 Å². The first-order valence-corrected chi connectivity index (χ1v) is 5.34. The van der Waals surface area contributed by atoms with Crippen LogP contribution in [-0.2, 0) is 4.74 Å². The molecule has 5 heteroatoms. The van der Waals surface area contributed by atoms with Gasteiger partial charge in [-0.15, -0.1) is 0 Å². The van der Waals surface area contributed by atoms with E-state index in [9.17, 15) is 4.39 Å². The summed E-state index contributed by atoms with van der Waals surface area (Å²) in [4.78, 5) is 2.16. The Morgan fingerprint density at radius 2 is 2.06 bits per heavy atom. The van der Waals surface area contributed by atoms with Crippen LogP contribution in [0.3, 0.4) is 0 Å². The third-order valence-corrected chi connectivity index (χ3v) is 2.87. The van der Waals surface area contributed by atoms with Crippen molar-refractivity contribution in [3.63, 3.8) is 0 Å². The predicted molar refractivity (Wildman–Crippen MR) is 60.6 cm³/mol. The third kappa shape index (κ3) is 1.61. The van der Waals surface area contributed by atoms with Gasteiger partial charge >= 0.3 is 92.4 Å². The van der Waals surface area contributed by atoms with Crippen molar-refractivity contribution in [2.75, 3.05) is 31.2 Å². The average molecular weight is 219 g/mol. The number of ether oxygens (including phenoxy) is 1. The summed E-state index contributed by atoms with van der Waals surface area (Å²) >= 11 is 0. The van der Waals surface area contributed by atoms with Crippen LogP contribution in [0.4, 0.5) is 9.97 Å². The number of hydrogen-bond acceptors (Lipinski definition) is 3. The molecule has 0 N–H and O–H groups in total. The van der Waals surface area contributed by atoms with Crippen LogP contribution in [0, 0.1) is 5.82 Å². The Bertz CT molecular complexity index is 508. The standard InChI is InChI=1S/C11H11BFNO2/c13-8-1-2-10-9(7-8)11(12-16-10)14-3-5-15-6-4-14/h1-2,7H,3-6H2. The summed E-state index contributed by atoms with van der Waals surface area (Å²) in [6.45, 7) is 3.07. The van der Waals surface area contributed by atoms with Crippen molar-refractivity contribution in [1.82, 2.24) is 0 Å². The van der Waals surface area contributed by atoms with E-state index in [0.717, 1.165) is 29.6 Å². The van der Waals surface area contributed by atoms with E-state index in [-0.39, 0.29) is 5.82 Å². The van der Waals surface area contributed by atoms with Gasteiger partial charge in [-0.3, -0.25) is 0 Å². The predicted octanol–water partition coefficient (Wildman–Crippen LogP) is 1.75. The molecule has 0 unspecified atom stereocenters. The fourth-order valence-corrected chi connectivity index (χ4v) is 2.04. The minimum atomic E-state index is -0.233. The molecule has 1 aromatic heterocycles. The Morgan fingerprint density at radius 3 is 2.88 bits per heavy atom. The topological polar surface area (TPSA) is 25.6 Å². The van der Waals surface area contributed by atoms with E-state index in [1.54, 1.807) is 13.2 Å². The van der Waals surface area contributed by atoms with Gasteiger partial charge in [-0.2, -0.15) is 0 Å². The van der Waals surface area contributed by atoms with Crippen molar-refractivity contribution in [3.8, 4) is 0 Å². The molecule has 3 rings (SSSR count). The van der Waals surface area contributed by atoms with E-state index in [0.29, 0.717) is 13.2 Å². The van der Waals surface area contributed by atoms with Gasteiger partial charge in [-0.05, 0) is 0 Å². The molecule has 0 amide bonds. The molecular weight excluding hydrogens is 208 g/mol. The fourth-order valence-electron chi connectivity index (χ4n) is 2.04. The van der Waals surface area contributed by atoms with Crippen molar-refractivity contribution in [2.45, 2.75) is 0 Å². The average Bonchev–Trinajstić information content (AvgIpc) is 2.73. The Morgan fingerprint density at radius 1 is 1.25 bits per heavy atom. The van der Waals surface area contributed by atoms with Crippen molar-refractivity contribution in [2.24, 2.45) is 0 Å². The minimum absolute atomic E-state index is 0.233. The molecule has 0 radical (unpaired) electrons. The van der Waals surface area contributed by atoms with Crippen LogP contribution in [0.2, 0.25) is 0 Å². The van der Waals surface area contributed by atoms with Crippen molar-refractivity contribution in [1.29, 1.82) is 0 Å². The molecular formula is C11H11BFNO2. The van der Waals surface area contributed by atoms with E-state index < -0.39 is 0 Å². The molecule has 0 saturated carbocycles. The number of morpholine rings is 1. The fraction of sp³-hybridized carbons (Fsp3) is 0.364. The molecule has 2 aromatic rings. The molecule has 16 heavy (non-hydrogen) atoms. The zero-order chi connectivity index (χ0) is 11.0. The van der Waals surface area contributed by atoms with Gasteiger partial charge in [0.1, 0.15) is 0 Å². The number of nitrogens with zero attached hydrogens (tertiary/aromatic N) is 1. The normalized spacial score (nSPS) is 16.7. The number of benzene rings is 1. The van der Waals surface area contributed by atoms with Crippen molar-refractivity contribution >= 4 is 23.7 Å². The maximum absolute atomic E-state index is 13.2. The van der Waals surface area contributed by atoms with E-state index in [1.807, 2.05) is 0 Å². The van der Waals surface area contributed by atoms with E-state index >= 15 is 0 Å². The van der Waals surface area contributed by atoms with Crippen molar-refractivity contribution < 1.29 is 13.5 Å². The molecule has 1 aliphatic rings. The van der Waals surface area contributed by atoms with Crippen LogP contribution in [0.5, 0.6) is 0 Å². The third-order valence-electron chi connectivity index (χ3n) is 2.87. The SMILES string of the molecule is Fc1ccc2obc(N3CCOCC3)c2c1. The molecule has 0 atom stereocenters. The first-order valence-electron chi connectivity index (χ1n) is 5.34. The monoisotopic (exact) mass is 219 g/mol. The second kappa shape index (κ2) is 3.90. The summed E-state index contributed by atoms with van der Waals surface area (Å²) in [5, 5.41) is 0.835. The van der Waals surface area contributed by atoms with Crippen LogP contribution >= 0.6 is 0 Å². The van der Waals surface area contributed by atoms with E-state index in [2.05, 4.69) is 4.90 Å². The Balaban J connectivity index is 2.05. The molecule has 1 fully saturated rings. The molecule has 2 heterocycles. The molecule has 1 aliphatic heterocycles. The molecule has 82 valence electrons. The van der Waals surface area contributed by atoms with E-state index in [1.165, 1.54) is 12.1 Å². The number of anilines is 1. The number of rotatable bonds is 1. The Hall–Kier alpha value is -1.36. The molecule has 1 aromatic carbocycles. The first kappa shape index (κ1) is 9.84. The van der Waals surface area contributed by atoms with Gasteiger partial charge in [-0.1, -0.05) is 0 Å². The summed E-state index contributed by atoms with van der Waals surface area (Å²) < 4.78 is 23.9. The zero-order valence-corrected chi connectivity index (χ0v) is 8.78. The molecule has 0 bridgehead atoms. The number of halogens is 1. The Kier molecular flexibility index (Phi) is 2.40. The van der Waals surface area contributed by atoms with Gasteiger partial charge in [0.05, 0.1) is 0 Å². The van der Waals surface area contributed by atoms with Gasteiger partial charge < -0.3 is 0 Å². The van der Waals surface area contributed by atoms with E-state index in [4.69, 9.17) is 9.07 Å². The van der Waals surface area contributed by atoms with Crippen LogP contribution < -0.4 is 4.90 Å². The van der Waals surface area contributed by atoms with Gasteiger partial charge in [0, 0.05) is 0 Å². The number of fused-ring (bicyclic) bond motifs is 1. The molecule has 1 saturated heterocycles. The van der Waals surface area contributed by atoms with Gasteiger partial charge in [0.25, 0.3) is 0 Å². The molecule has 0 spiro atoms. The quantitative estimate of drug-likeness (QED) is 0.730. The molecule has 0 aliphatic carbocycles. The second-order valence-electron chi connectivity index (χ2n) is 3.86. The van der Waals surface area contributed by atoms with Crippen molar-refractivity contribution in [3.05, 3.63) is 24.0 Å². The first-order chi connectivity index (χ1) is 7.84. The maximum atomic E-state index is 13.2. The van der Waals surface area contributed by atoms with Crippen LogP contribution in [0.1, 0.15) is 0 Å². The summed E-state index contributed by atoms with van der Waals surface area (Å²) in [7, 11) is 1.69.